The van der Waals surface area contributed by atoms with Crippen molar-refractivity contribution >= 4 is 0 Å². The molecule has 0 radical (unpaired) electrons. The lowest BCUT2D eigenvalue weighted by molar-refractivity contribution is 0.378. The minimum atomic E-state index is 0.335. The molecule has 0 heterocycles. The van der Waals surface area contributed by atoms with Gasteiger partial charge in [0, 0.05) is 12.6 Å². The molecule has 3 N–H and O–H groups in total. The Morgan fingerprint density at radius 3 is 1.56 bits per heavy atom. The summed E-state index contributed by atoms with van der Waals surface area (Å²) in [5.41, 5.74) is 5.20. The third-order valence-electron chi connectivity index (χ3n) is 3.48. The summed E-state index contributed by atoms with van der Waals surface area (Å²) in [6.07, 6.45) is 18.2. The van der Waals surface area contributed by atoms with E-state index < -0.39 is 0 Å². The van der Waals surface area contributed by atoms with E-state index in [4.69, 9.17) is 10.8 Å². The first-order valence-corrected chi connectivity index (χ1v) is 7.91. The van der Waals surface area contributed by atoms with Crippen LogP contribution in [0, 0.1) is 0 Å². The smallest absolute Gasteiger partial charge is 0.108 e. The molecule has 0 aliphatic carbocycles. The zero-order chi connectivity index (χ0) is 13.5. The second kappa shape index (κ2) is 14.4. The highest BCUT2D eigenvalue weighted by Gasteiger charge is 1.95. The normalized spacial score (nSPS) is 11.9. The number of nitrogens with two attached hydrogens (primary N) is 1. The molecule has 0 fully saturated rings. The predicted octanol–water partition coefficient (Wildman–Crippen LogP) is 5.44. The van der Waals surface area contributed by atoms with Gasteiger partial charge in [0.05, 0.1) is 0 Å². The summed E-state index contributed by atoms with van der Waals surface area (Å²) in [7, 11) is 0. The van der Waals surface area contributed by atoms with Gasteiger partial charge >= 0.3 is 0 Å². The van der Waals surface area contributed by atoms with Gasteiger partial charge in [0.15, 0.2) is 0 Å². The first-order valence-electron chi connectivity index (χ1n) is 7.91. The highest BCUT2D eigenvalue weighted by atomic mass is 16.3. The quantitative estimate of drug-likeness (QED) is 0.340. The van der Waals surface area contributed by atoms with Crippen molar-refractivity contribution in [3.63, 3.8) is 0 Å². The minimum Gasteiger partial charge on any atom is -0.511 e. The van der Waals surface area contributed by atoms with E-state index in [9.17, 15) is 0 Å². The van der Waals surface area contributed by atoms with E-state index in [1.807, 2.05) is 0 Å². The van der Waals surface area contributed by atoms with Crippen LogP contribution in [-0.4, -0.2) is 5.11 Å². The zero-order valence-corrected chi connectivity index (χ0v) is 12.3. The fraction of sp³-hybridized carbons (Fsp3) is 0.875. The molecule has 18 heavy (non-hydrogen) atoms. The van der Waals surface area contributed by atoms with E-state index in [0.717, 1.165) is 12.8 Å². The lowest BCUT2D eigenvalue weighted by Gasteiger charge is -2.02. The van der Waals surface area contributed by atoms with E-state index >= 15 is 0 Å². The fourth-order valence-electron chi connectivity index (χ4n) is 2.23. The van der Waals surface area contributed by atoms with Gasteiger partial charge in [-0.1, -0.05) is 77.6 Å². The fourth-order valence-corrected chi connectivity index (χ4v) is 2.23. The van der Waals surface area contributed by atoms with E-state index in [1.54, 1.807) is 0 Å². The van der Waals surface area contributed by atoms with Crippen molar-refractivity contribution in [2.45, 2.75) is 90.4 Å². The Morgan fingerprint density at radius 2 is 1.17 bits per heavy atom. The molecular weight excluding hydrogens is 222 g/mol. The van der Waals surface area contributed by atoms with Crippen LogP contribution >= 0.6 is 0 Å². The average molecular weight is 255 g/mol. The van der Waals surface area contributed by atoms with Crippen LogP contribution in [0.25, 0.3) is 0 Å². The van der Waals surface area contributed by atoms with Gasteiger partial charge in [-0.3, -0.25) is 0 Å². The molecule has 0 aromatic heterocycles. The Morgan fingerprint density at radius 1 is 0.778 bits per heavy atom. The number of unbranched alkanes of at least 4 members (excludes halogenated alkanes) is 11. The Balaban J connectivity index is 2.99. The summed E-state index contributed by atoms with van der Waals surface area (Å²) in [6, 6.07) is 0. The molecule has 0 aliphatic heterocycles. The van der Waals surface area contributed by atoms with Gasteiger partial charge in [-0.2, -0.15) is 0 Å². The van der Waals surface area contributed by atoms with Crippen molar-refractivity contribution in [2.75, 3.05) is 0 Å². The van der Waals surface area contributed by atoms with E-state index in [2.05, 4.69) is 6.92 Å². The van der Waals surface area contributed by atoms with E-state index in [0.29, 0.717) is 5.76 Å². The highest BCUT2D eigenvalue weighted by molar-refractivity contribution is 4.85. The van der Waals surface area contributed by atoms with E-state index in [1.165, 1.54) is 76.8 Å². The first kappa shape index (κ1) is 17.3. The Labute approximate surface area is 114 Å². The van der Waals surface area contributed by atoms with Gasteiger partial charge in [-0.15, -0.1) is 0 Å². The van der Waals surface area contributed by atoms with Crippen LogP contribution in [0.5, 0.6) is 0 Å². The molecule has 0 bridgehead atoms. The van der Waals surface area contributed by atoms with Gasteiger partial charge in [0.1, 0.15) is 5.76 Å². The Hall–Kier alpha value is -0.660. The second-order valence-electron chi connectivity index (χ2n) is 5.30. The second-order valence-corrected chi connectivity index (χ2v) is 5.30. The minimum absolute atomic E-state index is 0.335. The third kappa shape index (κ3) is 13.4. The standard InChI is InChI=1S/C16H33NO/c1-2-3-4-5-6-7-8-9-10-11-12-13-14-16(18)15-17/h15,18H,2-14,17H2,1H3/b16-15-. The van der Waals surface area contributed by atoms with Crippen molar-refractivity contribution in [1.82, 2.24) is 0 Å². The summed E-state index contributed by atoms with van der Waals surface area (Å²) in [5.74, 6) is 0.335. The van der Waals surface area contributed by atoms with Gasteiger partial charge in [0.25, 0.3) is 0 Å². The van der Waals surface area contributed by atoms with Crippen molar-refractivity contribution in [3.8, 4) is 0 Å². The third-order valence-corrected chi connectivity index (χ3v) is 3.48. The van der Waals surface area contributed by atoms with E-state index in [-0.39, 0.29) is 0 Å². The molecule has 2 heteroatoms. The van der Waals surface area contributed by atoms with Gasteiger partial charge in [0.2, 0.25) is 0 Å². The maximum atomic E-state index is 9.16. The molecule has 2 nitrogen and oxygen atoms in total. The van der Waals surface area contributed by atoms with Crippen LogP contribution in [0.1, 0.15) is 90.4 Å². The lowest BCUT2D eigenvalue weighted by atomic mass is 10.0. The molecule has 0 amide bonds. The Bertz CT molecular complexity index is 190. The molecule has 0 saturated carbocycles. The maximum Gasteiger partial charge on any atom is 0.108 e. The summed E-state index contributed by atoms with van der Waals surface area (Å²) >= 11 is 0. The predicted molar refractivity (Wildman–Crippen MR) is 80.6 cm³/mol. The Kier molecular flexibility index (Phi) is 13.9. The molecule has 0 rings (SSSR count). The molecular formula is C16H33NO. The first-order chi connectivity index (χ1) is 8.81. The van der Waals surface area contributed by atoms with Gasteiger partial charge < -0.3 is 10.8 Å². The summed E-state index contributed by atoms with van der Waals surface area (Å²) in [6.45, 7) is 2.27. The lowest BCUT2D eigenvalue weighted by Crippen LogP contribution is -1.88. The molecule has 108 valence electrons. The van der Waals surface area contributed by atoms with Crippen molar-refractivity contribution in [2.24, 2.45) is 5.73 Å². The molecule has 0 aliphatic rings. The molecule has 0 aromatic carbocycles. The van der Waals surface area contributed by atoms with Crippen LogP contribution in [0.3, 0.4) is 0 Å². The number of rotatable bonds is 13. The summed E-state index contributed by atoms with van der Waals surface area (Å²) < 4.78 is 0. The summed E-state index contributed by atoms with van der Waals surface area (Å²) in [5, 5.41) is 9.16. The number of hydrogen-bond donors (Lipinski definition) is 2. The SMILES string of the molecule is CCCCCCCCCCCCCC/C(O)=C/N. The molecule has 0 aromatic rings. The number of aliphatic hydroxyl groups is 1. The van der Waals surface area contributed by atoms with Crippen LogP contribution in [-0.2, 0) is 0 Å². The topological polar surface area (TPSA) is 46.2 Å². The van der Waals surface area contributed by atoms with Crippen molar-refractivity contribution in [1.29, 1.82) is 0 Å². The summed E-state index contributed by atoms with van der Waals surface area (Å²) in [4.78, 5) is 0. The zero-order valence-electron chi connectivity index (χ0n) is 12.3. The van der Waals surface area contributed by atoms with Crippen molar-refractivity contribution < 1.29 is 5.11 Å². The maximum absolute atomic E-state index is 9.16. The molecule has 0 unspecified atom stereocenters. The van der Waals surface area contributed by atoms with Crippen LogP contribution in [0.2, 0.25) is 0 Å². The molecule has 0 saturated heterocycles. The molecule has 0 spiro atoms. The largest absolute Gasteiger partial charge is 0.511 e. The average Bonchev–Trinajstić information content (AvgIpc) is 2.39. The van der Waals surface area contributed by atoms with Crippen LogP contribution < -0.4 is 5.73 Å². The van der Waals surface area contributed by atoms with Crippen LogP contribution in [0.4, 0.5) is 0 Å². The van der Waals surface area contributed by atoms with Gasteiger partial charge in [-0.05, 0) is 6.42 Å². The number of hydrogen-bond acceptors (Lipinski definition) is 2. The number of allylic oxidation sites excluding steroid dienone is 1. The monoisotopic (exact) mass is 255 g/mol. The number of aliphatic hydroxyl groups excluding tert-OH is 1. The molecule has 0 atom stereocenters. The highest BCUT2D eigenvalue weighted by Crippen LogP contribution is 2.13. The van der Waals surface area contributed by atoms with Gasteiger partial charge in [-0.25, -0.2) is 0 Å². The van der Waals surface area contributed by atoms with Crippen LogP contribution in [0.15, 0.2) is 12.0 Å². The van der Waals surface area contributed by atoms with Crippen molar-refractivity contribution in [3.05, 3.63) is 12.0 Å².